The third kappa shape index (κ3) is 1.98. The molecule has 0 aromatic heterocycles. The van der Waals surface area contributed by atoms with Crippen LogP contribution in [0.4, 0.5) is 5.69 Å². The fraction of sp³-hybridized carbons (Fsp3) is 0.316. The van der Waals surface area contributed by atoms with E-state index in [0.717, 1.165) is 17.7 Å². The SMILES string of the molecule is CC(C)C1(Cc2ccccc2)C(=O)N(C)c2ccccc21. The highest BCUT2D eigenvalue weighted by molar-refractivity contribution is 6.08. The number of nitrogens with zero attached hydrogens (tertiary/aromatic N) is 1. The Balaban J connectivity index is 2.16. The summed E-state index contributed by atoms with van der Waals surface area (Å²) in [4.78, 5) is 14.9. The molecule has 0 N–H and O–H groups in total. The van der Waals surface area contributed by atoms with Crippen molar-refractivity contribution in [1.29, 1.82) is 0 Å². The van der Waals surface area contributed by atoms with Crippen LogP contribution in [0.5, 0.6) is 0 Å². The molecule has 0 aliphatic carbocycles. The lowest BCUT2D eigenvalue weighted by Crippen LogP contribution is -2.44. The molecule has 2 aromatic rings. The third-order valence-electron chi connectivity index (χ3n) is 4.74. The molecule has 0 saturated heterocycles. The Bertz CT molecular complexity index is 662. The molecule has 108 valence electrons. The molecule has 1 aliphatic heterocycles. The van der Waals surface area contributed by atoms with Crippen molar-refractivity contribution < 1.29 is 4.79 Å². The smallest absolute Gasteiger partial charge is 0.238 e. The van der Waals surface area contributed by atoms with Crippen LogP contribution in [0.15, 0.2) is 54.6 Å². The average Bonchev–Trinajstić information content (AvgIpc) is 2.72. The molecule has 1 unspecified atom stereocenters. The number of carbonyl (C=O) groups excluding carboxylic acids is 1. The number of carbonyl (C=O) groups is 1. The van der Waals surface area contributed by atoms with Gasteiger partial charge in [-0.3, -0.25) is 4.79 Å². The maximum absolute atomic E-state index is 13.1. The van der Waals surface area contributed by atoms with Crippen LogP contribution in [-0.4, -0.2) is 13.0 Å². The minimum atomic E-state index is -0.452. The Kier molecular flexibility index (Phi) is 3.32. The van der Waals surface area contributed by atoms with Crippen LogP contribution in [0, 0.1) is 5.92 Å². The van der Waals surface area contributed by atoms with Gasteiger partial charge < -0.3 is 4.90 Å². The first-order chi connectivity index (χ1) is 10.1. The van der Waals surface area contributed by atoms with Crippen LogP contribution in [0.3, 0.4) is 0 Å². The molecular formula is C19H21NO. The zero-order valence-electron chi connectivity index (χ0n) is 12.8. The number of anilines is 1. The number of hydrogen-bond donors (Lipinski definition) is 0. The van der Waals surface area contributed by atoms with Gasteiger partial charge in [-0.25, -0.2) is 0 Å². The van der Waals surface area contributed by atoms with Gasteiger partial charge in [0.25, 0.3) is 0 Å². The summed E-state index contributed by atoms with van der Waals surface area (Å²) in [6, 6.07) is 18.5. The highest BCUT2D eigenvalue weighted by Gasteiger charge is 2.51. The lowest BCUT2D eigenvalue weighted by Gasteiger charge is -2.32. The Hall–Kier alpha value is -2.09. The van der Waals surface area contributed by atoms with Crippen LogP contribution in [0.2, 0.25) is 0 Å². The van der Waals surface area contributed by atoms with E-state index in [1.165, 1.54) is 5.56 Å². The summed E-state index contributed by atoms with van der Waals surface area (Å²) in [6.07, 6.45) is 0.756. The minimum Gasteiger partial charge on any atom is -0.314 e. The third-order valence-corrected chi connectivity index (χ3v) is 4.74. The maximum Gasteiger partial charge on any atom is 0.238 e. The second-order valence-corrected chi connectivity index (χ2v) is 6.17. The van der Waals surface area contributed by atoms with Crippen molar-refractivity contribution >= 4 is 11.6 Å². The Morgan fingerprint density at radius 1 is 1.00 bits per heavy atom. The van der Waals surface area contributed by atoms with Crippen LogP contribution < -0.4 is 4.90 Å². The van der Waals surface area contributed by atoms with E-state index in [-0.39, 0.29) is 11.8 Å². The van der Waals surface area contributed by atoms with Gasteiger partial charge in [0.2, 0.25) is 5.91 Å². The summed E-state index contributed by atoms with van der Waals surface area (Å²) in [5.41, 5.74) is 2.97. The highest BCUT2D eigenvalue weighted by Crippen LogP contribution is 2.47. The summed E-state index contributed by atoms with van der Waals surface area (Å²) in [6.45, 7) is 4.30. The molecule has 0 bridgehead atoms. The monoisotopic (exact) mass is 279 g/mol. The molecule has 0 saturated carbocycles. The van der Waals surface area contributed by atoms with Crippen LogP contribution in [0.25, 0.3) is 0 Å². The van der Waals surface area contributed by atoms with Gasteiger partial charge in [0.05, 0.1) is 5.41 Å². The lowest BCUT2D eigenvalue weighted by atomic mass is 9.68. The van der Waals surface area contributed by atoms with Gasteiger partial charge in [-0.15, -0.1) is 0 Å². The number of likely N-dealkylation sites (N-methyl/N-ethyl adjacent to an activating group) is 1. The van der Waals surface area contributed by atoms with E-state index in [1.807, 2.05) is 48.3 Å². The van der Waals surface area contributed by atoms with Crippen molar-refractivity contribution in [3.05, 3.63) is 65.7 Å². The molecule has 1 aliphatic rings. The number of hydrogen-bond acceptors (Lipinski definition) is 1. The summed E-state index contributed by atoms with van der Waals surface area (Å²) < 4.78 is 0. The van der Waals surface area contributed by atoms with E-state index in [1.54, 1.807) is 0 Å². The summed E-state index contributed by atoms with van der Waals surface area (Å²) in [5.74, 6) is 0.457. The number of benzene rings is 2. The minimum absolute atomic E-state index is 0.211. The van der Waals surface area contributed by atoms with Gasteiger partial charge in [-0.1, -0.05) is 62.4 Å². The molecular weight excluding hydrogens is 258 g/mol. The number of amides is 1. The quantitative estimate of drug-likeness (QED) is 0.837. The molecule has 1 atom stereocenters. The van der Waals surface area contributed by atoms with E-state index in [2.05, 4.69) is 32.0 Å². The van der Waals surface area contributed by atoms with Crippen molar-refractivity contribution in [2.75, 3.05) is 11.9 Å². The van der Waals surface area contributed by atoms with Crippen LogP contribution >= 0.6 is 0 Å². The molecule has 1 heterocycles. The number of para-hydroxylation sites is 1. The standard InChI is InChI=1S/C19H21NO/c1-14(2)19(13-15-9-5-4-6-10-15)16-11-7-8-12-17(16)20(3)18(19)21/h4-12,14H,13H2,1-3H3. The molecule has 1 amide bonds. The molecule has 2 heteroatoms. The van der Waals surface area contributed by atoms with Gasteiger partial charge in [-0.05, 0) is 29.5 Å². The first-order valence-corrected chi connectivity index (χ1v) is 7.49. The maximum atomic E-state index is 13.1. The van der Waals surface area contributed by atoms with Gasteiger partial charge in [-0.2, -0.15) is 0 Å². The van der Waals surface area contributed by atoms with Gasteiger partial charge in [0, 0.05) is 12.7 Å². The largest absolute Gasteiger partial charge is 0.314 e. The average molecular weight is 279 g/mol. The van der Waals surface area contributed by atoms with Crippen molar-refractivity contribution in [2.45, 2.75) is 25.7 Å². The summed E-state index contributed by atoms with van der Waals surface area (Å²) in [7, 11) is 1.89. The topological polar surface area (TPSA) is 20.3 Å². The van der Waals surface area contributed by atoms with E-state index in [0.29, 0.717) is 0 Å². The van der Waals surface area contributed by atoms with E-state index < -0.39 is 5.41 Å². The van der Waals surface area contributed by atoms with Gasteiger partial charge in [0.15, 0.2) is 0 Å². The zero-order valence-corrected chi connectivity index (χ0v) is 12.8. The molecule has 3 rings (SSSR count). The number of rotatable bonds is 3. The first kappa shape index (κ1) is 13.9. The Morgan fingerprint density at radius 3 is 2.29 bits per heavy atom. The van der Waals surface area contributed by atoms with Crippen LogP contribution in [0.1, 0.15) is 25.0 Å². The first-order valence-electron chi connectivity index (χ1n) is 7.49. The van der Waals surface area contributed by atoms with Crippen molar-refractivity contribution in [1.82, 2.24) is 0 Å². The van der Waals surface area contributed by atoms with Crippen molar-refractivity contribution in [3.63, 3.8) is 0 Å². The molecule has 0 spiro atoms. The van der Waals surface area contributed by atoms with Crippen LogP contribution in [-0.2, 0) is 16.6 Å². The second-order valence-electron chi connectivity index (χ2n) is 6.17. The molecule has 2 nitrogen and oxygen atoms in total. The highest BCUT2D eigenvalue weighted by atomic mass is 16.2. The van der Waals surface area contributed by atoms with Crippen molar-refractivity contribution in [2.24, 2.45) is 5.92 Å². The summed E-state index contributed by atoms with van der Waals surface area (Å²) >= 11 is 0. The van der Waals surface area contributed by atoms with Gasteiger partial charge >= 0.3 is 0 Å². The Morgan fingerprint density at radius 2 is 1.62 bits per heavy atom. The Labute approximate surface area is 126 Å². The lowest BCUT2D eigenvalue weighted by molar-refractivity contribution is -0.124. The van der Waals surface area contributed by atoms with E-state index in [9.17, 15) is 4.79 Å². The fourth-order valence-corrected chi connectivity index (χ4v) is 3.52. The van der Waals surface area contributed by atoms with E-state index in [4.69, 9.17) is 0 Å². The molecule has 0 fully saturated rings. The number of fused-ring (bicyclic) bond motifs is 1. The molecule has 0 radical (unpaired) electrons. The molecule has 21 heavy (non-hydrogen) atoms. The second kappa shape index (κ2) is 5.03. The summed E-state index contributed by atoms with van der Waals surface area (Å²) in [5, 5.41) is 0. The zero-order chi connectivity index (χ0) is 15.0. The normalized spacial score (nSPS) is 21.0. The predicted molar refractivity (Wildman–Crippen MR) is 86.5 cm³/mol. The fourth-order valence-electron chi connectivity index (χ4n) is 3.52. The van der Waals surface area contributed by atoms with Crippen molar-refractivity contribution in [3.8, 4) is 0 Å². The van der Waals surface area contributed by atoms with E-state index >= 15 is 0 Å². The predicted octanol–water partition coefficient (Wildman–Crippen LogP) is 3.80. The molecule has 2 aromatic carbocycles. The van der Waals surface area contributed by atoms with Gasteiger partial charge in [0.1, 0.15) is 0 Å².